The highest BCUT2D eigenvalue weighted by Gasteiger charge is 2.10. The van der Waals surface area contributed by atoms with E-state index in [1.807, 2.05) is 25.8 Å². The highest BCUT2D eigenvalue weighted by Crippen LogP contribution is 2.21. The fraction of sp³-hybridized carbons (Fsp3) is 0.529. The molecular formula is C17H25N3O. The minimum Gasteiger partial charge on any atom is -0.324 e. The topological polar surface area (TPSA) is 56.1 Å². The van der Waals surface area contributed by atoms with Crippen molar-refractivity contribution in [3.63, 3.8) is 0 Å². The first-order chi connectivity index (χ1) is 9.93. The van der Waals surface area contributed by atoms with Crippen molar-refractivity contribution < 1.29 is 4.79 Å². The predicted octanol–water partition coefficient (Wildman–Crippen LogP) is 3.18. The number of hydrogen-bond acceptors (Lipinski definition) is 3. The van der Waals surface area contributed by atoms with Crippen LogP contribution in [0.25, 0.3) is 0 Å². The molecule has 0 spiro atoms. The van der Waals surface area contributed by atoms with Crippen LogP contribution in [0, 0.1) is 32.1 Å². The Hall–Kier alpha value is -1.86. The van der Waals surface area contributed by atoms with Gasteiger partial charge in [-0.1, -0.05) is 17.7 Å². The monoisotopic (exact) mass is 287 g/mol. The number of likely N-dealkylation sites (N-methyl/N-ethyl adjacent to an activating group) is 1. The van der Waals surface area contributed by atoms with E-state index in [4.69, 9.17) is 5.26 Å². The first-order valence-electron chi connectivity index (χ1n) is 7.37. The Morgan fingerprint density at radius 1 is 1.24 bits per heavy atom. The second-order valence-electron chi connectivity index (χ2n) is 5.67. The van der Waals surface area contributed by atoms with Gasteiger partial charge >= 0.3 is 0 Å². The summed E-state index contributed by atoms with van der Waals surface area (Å²) in [5, 5.41) is 11.5. The lowest BCUT2D eigenvalue weighted by Gasteiger charge is -2.18. The molecule has 1 N–H and O–H groups in total. The molecule has 0 fully saturated rings. The predicted molar refractivity (Wildman–Crippen MR) is 86.2 cm³/mol. The van der Waals surface area contributed by atoms with E-state index in [0.717, 1.165) is 36.2 Å². The van der Waals surface area contributed by atoms with Crippen LogP contribution in [0.2, 0.25) is 0 Å². The molecule has 0 aliphatic carbocycles. The Morgan fingerprint density at radius 2 is 1.86 bits per heavy atom. The van der Waals surface area contributed by atoms with E-state index in [2.05, 4.69) is 30.4 Å². The van der Waals surface area contributed by atoms with Crippen molar-refractivity contribution in [2.24, 2.45) is 0 Å². The van der Waals surface area contributed by atoms with Crippen LogP contribution >= 0.6 is 0 Å². The van der Waals surface area contributed by atoms with Gasteiger partial charge in [0.15, 0.2) is 0 Å². The normalized spacial score (nSPS) is 10.5. The van der Waals surface area contributed by atoms with E-state index in [0.29, 0.717) is 13.0 Å². The summed E-state index contributed by atoms with van der Waals surface area (Å²) < 4.78 is 0. The highest BCUT2D eigenvalue weighted by molar-refractivity contribution is 5.93. The van der Waals surface area contributed by atoms with Crippen LogP contribution in [0.5, 0.6) is 0 Å². The fourth-order valence-corrected chi connectivity index (χ4v) is 2.47. The summed E-state index contributed by atoms with van der Waals surface area (Å²) >= 11 is 0. The standard InChI is InChI=1S/C17H25N3O/c1-13-10-14(2)17(15(3)11-13)19-16(21)12-20(4)9-7-5-6-8-18/h10-11H,5-7,9,12H2,1-4H3,(H,19,21). The fourth-order valence-electron chi connectivity index (χ4n) is 2.47. The number of nitrogens with zero attached hydrogens (tertiary/aromatic N) is 2. The van der Waals surface area contributed by atoms with E-state index in [-0.39, 0.29) is 5.91 Å². The number of rotatable bonds is 7. The van der Waals surface area contributed by atoms with E-state index < -0.39 is 0 Å². The molecule has 0 atom stereocenters. The van der Waals surface area contributed by atoms with E-state index in [1.165, 1.54) is 5.56 Å². The van der Waals surface area contributed by atoms with Crippen LogP contribution in [0.4, 0.5) is 5.69 Å². The molecule has 0 radical (unpaired) electrons. The SMILES string of the molecule is Cc1cc(C)c(NC(=O)CN(C)CCCCC#N)c(C)c1. The third-order valence-corrected chi connectivity index (χ3v) is 3.43. The molecule has 114 valence electrons. The maximum Gasteiger partial charge on any atom is 0.238 e. The molecule has 1 amide bonds. The van der Waals surface area contributed by atoms with Crippen LogP contribution in [0.1, 0.15) is 36.0 Å². The third kappa shape index (κ3) is 5.97. The Balaban J connectivity index is 2.49. The van der Waals surface area contributed by atoms with Crippen molar-refractivity contribution in [2.75, 3.05) is 25.5 Å². The molecule has 0 aliphatic rings. The van der Waals surface area contributed by atoms with Gasteiger partial charge in [-0.25, -0.2) is 0 Å². The van der Waals surface area contributed by atoms with Crippen molar-refractivity contribution in [3.05, 3.63) is 28.8 Å². The van der Waals surface area contributed by atoms with Crippen LogP contribution in [0.15, 0.2) is 12.1 Å². The molecule has 0 aromatic heterocycles. The Labute approximate surface area is 127 Å². The van der Waals surface area contributed by atoms with Gasteiger partial charge in [-0.05, 0) is 58.3 Å². The molecule has 4 nitrogen and oxygen atoms in total. The Kier molecular flexibility index (Phi) is 6.90. The number of hydrogen-bond donors (Lipinski definition) is 1. The molecule has 1 aromatic rings. The van der Waals surface area contributed by atoms with Crippen molar-refractivity contribution in [2.45, 2.75) is 40.0 Å². The summed E-state index contributed by atoms with van der Waals surface area (Å²) in [5.74, 6) is 0.00726. The van der Waals surface area contributed by atoms with Crippen molar-refractivity contribution in [1.29, 1.82) is 5.26 Å². The van der Waals surface area contributed by atoms with Gasteiger partial charge in [0, 0.05) is 12.1 Å². The lowest BCUT2D eigenvalue weighted by molar-refractivity contribution is -0.117. The van der Waals surface area contributed by atoms with Gasteiger partial charge in [0.1, 0.15) is 0 Å². The number of unbranched alkanes of at least 4 members (excludes halogenated alkanes) is 2. The molecular weight excluding hydrogens is 262 g/mol. The second kappa shape index (κ2) is 8.43. The zero-order chi connectivity index (χ0) is 15.8. The number of nitrogens with one attached hydrogen (secondary N) is 1. The summed E-state index contributed by atoms with van der Waals surface area (Å²) in [7, 11) is 1.93. The maximum atomic E-state index is 12.1. The largest absolute Gasteiger partial charge is 0.324 e. The Morgan fingerprint density at radius 3 is 2.43 bits per heavy atom. The molecule has 0 heterocycles. The molecule has 1 aromatic carbocycles. The lowest BCUT2D eigenvalue weighted by atomic mass is 10.1. The number of carbonyl (C=O) groups excluding carboxylic acids is 1. The van der Waals surface area contributed by atoms with Gasteiger partial charge in [0.2, 0.25) is 5.91 Å². The van der Waals surface area contributed by atoms with Gasteiger partial charge in [-0.3, -0.25) is 9.69 Å². The summed E-state index contributed by atoms with van der Waals surface area (Å²) in [6.07, 6.45) is 2.42. The first-order valence-corrected chi connectivity index (χ1v) is 7.37. The quantitative estimate of drug-likeness (QED) is 0.784. The highest BCUT2D eigenvalue weighted by atomic mass is 16.2. The van der Waals surface area contributed by atoms with Crippen LogP contribution in [0.3, 0.4) is 0 Å². The number of aryl methyl sites for hydroxylation is 3. The second-order valence-corrected chi connectivity index (χ2v) is 5.67. The van der Waals surface area contributed by atoms with Gasteiger partial charge in [-0.2, -0.15) is 5.26 Å². The van der Waals surface area contributed by atoms with Crippen LogP contribution in [-0.2, 0) is 4.79 Å². The minimum atomic E-state index is 0.00726. The zero-order valence-electron chi connectivity index (χ0n) is 13.5. The van der Waals surface area contributed by atoms with E-state index in [1.54, 1.807) is 0 Å². The number of nitriles is 1. The number of anilines is 1. The minimum absolute atomic E-state index is 0.00726. The van der Waals surface area contributed by atoms with Crippen molar-refractivity contribution in [3.8, 4) is 6.07 Å². The van der Waals surface area contributed by atoms with Crippen LogP contribution in [-0.4, -0.2) is 30.9 Å². The Bertz CT molecular complexity index is 508. The number of benzene rings is 1. The summed E-state index contributed by atoms with van der Waals surface area (Å²) in [5.41, 5.74) is 4.32. The molecule has 0 saturated carbocycles. The van der Waals surface area contributed by atoms with Crippen LogP contribution < -0.4 is 5.32 Å². The van der Waals surface area contributed by atoms with E-state index >= 15 is 0 Å². The number of carbonyl (C=O) groups is 1. The summed E-state index contributed by atoms with van der Waals surface area (Å²) in [6.45, 7) is 7.29. The van der Waals surface area contributed by atoms with Gasteiger partial charge < -0.3 is 5.32 Å². The molecule has 0 aliphatic heterocycles. The molecule has 21 heavy (non-hydrogen) atoms. The van der Waals surface area contributed by atoms with Gasteiger partial charge in [0.25, 0.3) is 0 Å². The van der Waals surface area contributed by atoms with Gasteiger partial charge in [0.05, 0.1) is 12.6 Å². The first kappa shape index (κ1) is 17.2. The molecule has 4 heteroatoms. The maximum absolute atomic E-state index is 12.1. The average molecular weight is 287 g/mol. The van der Waals surface area contributed by atoms with Crippen molar-refractivity contribution in [1.82, 2.24) is 4.90 Å². The number of amides is 1. The molecule has 1 rings (SSSR count). The summed E-state index contributed by atoms with van der Waals surface area (Å²) in [4.78, 5) is 14.1. The van der Waals surface area contributed by atoms with E-state index in [9.17, 15) is 4.79 Å². The van der Waals surface area contributed by atoms with Crippen molar-refractivity contribution >= 4 is 11.6 Å². The average Bonchev–Trinajstić information content (AvgIpc) is 2.39. The molecule has 0 unspecified atom stereocenters. The molecule has 0 saturated heterocycles. The zero-order valence-corrected chi connectivity index (χ0v) is 13.5. The third-order valence-electron chi connectivity index (χ3n) is 3.43. The molecule has 0 bridgehead atoms. The smallest absolute Gasteiger partial charge is 0.238 e. The van der Waals surface area contributed by atoms with Gasteiger partial charge in [-0.15, -0.1) is 0 Å². The summed E-state index contributed by atoms with van der Waals surface area (Å²) in [6, 6.07) is 6.29. The lowest BCUT2D eigenvalue weighted by Crippen LogP contribution is -2.31.